The van der Waals surface area contributed by atoms with Crippen molar-refractivity contribution >= 4 is 17.2 Å². The lowest BCUT2D eigenvalue weighted by Gasteiger charge is -2.04. The molecule has 0 saturated heterocycles. The van der Waals surface area contributed by atoms with Crippen molar-refractivity contribution < 1.29 is 4.79 Å². The Kier molecular flexibility index (Phi) is 3.88. The summed E-state index contributed by atoms with van der Waals surface area (Å²) in [4.78, 5) is 29.3. The van der Waals surface area contributed by atoms with Crippen molar-refractivity contribution in [3.05, 3.63) is 50.3 Å². The molecule has 0 atom stereocenters. The van der Waals surface area contributed by atoms with E-state index in [9.17, 15) is 9.59 Å². The van der Waals surface area contributed by atoms with Crippen molar-refractivity contribution in [2.45, 2.75) is 19.9 Å². The second-order valence-electron chi connectivity index (χ2n) is 3.90. The predicted molar refractivity (Wildman–Crippen MR) is 69.5 cm³/mol. The topological polar surface area (TPSA) is 74.8 Å². The second-order valence-corrected chi connectivity index (χ2v) is 4.68. The van der Waals surface area contributed by atoms with Crippen molar-refractivity contribution in [1.29, 1.82) is 0 Å². The number of nitrogens with one attached hydrogen (secondary N) is 2. The van der Waals surface area contributed by atoms with Gasteiger partial charge in [-0.3, -0.25) is 9.59 Å². The van der Waals surface area contributed by atoms with Gasteiger partial charge in [-0.1, -0.05) is 0 Å². The third-order valence-electron chi connectivity index (χ3n) is 2.31. The van der Waals surface area contributed by atoms with Gasteiger partial charge in [-0.05, 0) is 22.4 Å². The molecule has 0 aromatic carbocycles. The van der Waals surface area contributed by atoms with Crippen LogP contribution in [0.2, 0.25) is 0 Å². The third kappa shape index (κ3) is 3.53. The van der Waals surface area contributed by atoms with Gasteiger partial charge in [0, 0.05) is 19.4 Å². The van der Waals surface area contributed by atoms with Crippen LogP contribution in [0.15, 0.2) is 27.7 Å². The van der Waals surface area contributed by atoms with Crippen LogP contribution >= 0.6 is 11.3 Å². The zero-order valence-corrected chi connectivity index (χ0v) is 10.7. The maximum absolute atomic E-state index is 11.5. The Morgan fingerprint density at radius 1 is 1.56 bits per heavy atom. The highest BCUT2D eigenvalue weighted by Crippen LogP contribution is 2.09. The molecule has 0 aliphatic rings. The van der Waals surface area contributed by atoms with Crippen molar-refractivity contribution in [3.8, 4) is 0 Å². The Balaban J connectivity index is 2.15. The van der Waals surface area contributed by atoms with Gasteiger partial charge in [-0.25, -0.2) is 4.98 Å². The standard InChI is InChI=1S/C12H13N3O2S/c1-8(16)13-6-10-5-12(17)15-11(14-10)4-9-2-3-18-7-9/h2-3,5,7H,4,6H2,1H3,(H,13,16)(H,14,15,17). The number of hydrogen-bond donors (Lipinski definition) is 2. The largest absolute Gasteiger partial charge is 0.351 e. The molecule has 2 aromatic heterocycles. The number of amides is 1. The molecule has 2 N–H and O–H groups in total. The number of thiophene rings is 1. The van der Waals surface area contributed by atoms with E-state index in [1.54, 1.807) is 11.3 Å². The van der Waals surface area contributed by atoms with Crippen LogP contribution in [0.4, 0.5) is 0 Å². The second kappa shape index (κ2) is 5.59. The molecule has 2 aromatic rings. The summed E-state index contributed by atoms with van der Waals surface area (Å²) in [5.74, 6) is 0.470. The summed E-state index contributed by atoms with van der Waals surface area (Å²) >= 11 is 1.60. The van der Waals surface area contributed by atoms with Crippen molar-refractivity contribution in [2.24, 2.45) is 0 Å². The van der Waals surface area contributed by atoms with E-state index in [1.165, 1.54) is 13.0 Å². The minimum absolute atomic E-state index is 0.142. The summed E-state index contributed by atoms with van der Waals surface area (Å²) in [6.45, 7) is 1.70. The Bertz CT molecular complexity index is 590. The van der Waals surface area contributed by atoms with Gasteiger partial charge in [-0.2, -0.15) is 11.3 Å². The van der Waals surface area contributed by atoms with E-state index < -0.39 is 0 Å². The first-order valence-corrected chi connectivity index (χ1v) is 6.42. The Morgan fingerprint density at radius 3 is 3.06 bits per heavy atom. The Labute approximate surface area is 108 Å². The van der Waals surface area contributed by atoms with Crippen LogP contribution in [0.25, 0.3) is 0 Å². The highest BCUT2D eigenvalue weighted by atomic mass is 32.1. The molecule has 0 radical (unpaired) electrons. The van der Waals surface area contributed by atoms with Crippen molar-refractivity contribution in [1.82, 2.24) is 15.3 Å². The molecular weight excluding hydrogens is 250 g/mol. The lowest BCUT2D eigenvalue weighted by Crippen LogP contribution is -2.22. The Hall–Kier alpha value is -1.95. The molecule has 6 heteroatoms. The maximum Gasteiger partial charge on any atom is 0.251 e. The molecule has 1 amide bonds. The van der Waals surface area contributed by atoms with E-state index >= 15 is 0 Å². The number of hydrogen-bond acceptors (Lipinski definition) is 4. The van der Waals surface area contributed by atoms with E-state index in [4.69, 9.17) is 0 Å². The van der Waals surface area contributed by atoms with Crippen LogP contribution in [0.3, 0.4) is 0 Å². The number of carbonyl (C=O) groups is 1. The van der Waals surface area contributed by atoms with Crippen LogP contribution in [-0.4, -0.2) is 15.9 Å². The summed E-state index contributed by atoms with van der Waals surface area (Å²) in [5.41, 5.74) is 1.48. The third-order valence-corrected chi connectivity index (χ3v) is 3.05. The average Bonchev–Trinajstić information content (AvgIpc) is 2.78. The maximum atomic E-state index is 11.5. The number of aromatic nitrogens is 2. The summed E-state index contributed by atoms with van der Waals surface area (Å²) < 4.78 is 0. The highest BCUT2D eigenvalue weighted by molar-refractivity contribution is 7.07. The van der Waals surface area contributed by atoms with Gasteiger partial charge in [0.2, 0.25) is 5.91 Å². The molecule has 0 unspecified atom stereocenters. The van der Waals surface area contributed by atoms with E-state index in [1.807, 2.05) is 16.8 Å². The van der Waals surface area contributed by atoms with Crippen molar-refractivity contribution in [3.63, 3.8) is 0 Å². The molecule has 0 aliphatic carbocycles. The van der Waals surface area contributed by atoms with Crippen LogP contribution in [0, 0.1) is 0 Å². The number of H-pyrrole nitrogens is 1. The van der Waals surface area contributed by atoms with Crippen LogP contribution in [0.1, 0.15) is 24.0 Å². The molecule has 0 spiro atoms. The van der Waals surface area contributed by atoms with Gasteiger partial charge in [0.1, 0.15) is 5.82 Å². The molecule has 2 heterocycles. The first kappa shape index (κ1) is 12.5. The SMILES string of the molecule is CC(=O)NCc1cc(=O)[nH]c(Cc2ccsc2)n1. The summed E-state index contributed by atoms with van der Waals surface area (Å²) in [5, 5.41) is 6.62. The van der Waals surface area contributed by atoms with E-state index in [0.29, 0.717) is 17.9 Å². The minimum Gasteiger partial charge on any atom is -0.351 e. The monoisotopic (exact) mass is 263 g/mol. The molecule has 5 nitrogen and oxygen atoms in total. The van der Waals surface area contributed by atoms with E-state index in [-0.39, 0.29) is 18.0 Å². The Morgan fingerprint density at radius 2 is 2.39 bits per heavy atom. The number of carbonyl (C=O) groups excluding carboxylic acids is 1. The summed E-state index contributed by atoms with van der Waals surface area (Å²) in [6, 6.07) is 3.39. The van der Waals surface area contributed by atoms with Crippen molar-refractivity contribution in [2.75, 3.05) is 0 Å². The predicted octanol–water partition coefficient (Wildman–Crippen LogP) is 1.06. The van der Waals surface area contributed by atoms with Gasteiger partial charge >= 0.3 is 0 Å². The molecule has 0 aliphatic heterocycles. The van der Waals surface area contributed by atoms with Gasteiger partial charge in [0.15, 0.2) is 0 Å². The first-order valence-electron chi connectivity index (χ1n) is 5.48. The van der Waals surface area contributed by atoms with Crippen LogP contribution < -0.4 is 10.9 Å². The lowest BCUT2D eigenvalue weighted by atomic mass is 10.2. The van der Waals surface area contributed by atoms with Crippen LogP contribution in [-0.2, 0) is 17.8 Å². The number of nitrogens with zero attached hydrogens (tertiary/aromatic N) is 1. The molecule has 18 heavy (non-hydrogen) atoms. The minimum atomic E-state index is -0.199. The normalized spacial score (nSPS) is 10.3. The quantitative estimate of drug-likeness (QED) is 0.866. The number of rotatable bonds is 4. The molecule has 0 fully saturated rings. The van der Waals surface area contributed by atoms with E-state index in [0.717, 1.165) is 5.56 Å². The smallest absolute Gasteiger partial charge is 0.251 e. The molecule has 2 rings (SSSR count). The molecule has 0 saturated carbocycles. The molecule has 94 valence electrons. The lowest BCUT2D eigenvalue weighted by molar-refractivity contribution is -0.119. The van der Waals surface area contributed by atoms with Crippen LogP contribution in [0.5, 0.6) is 0 Å². The highest BCUT2D eigenvalue weighted by Gasteiger charge is 2.03. The van der Waals surface area contributed by atoms with Gasteiger partial charge in [0.05, 0.1) is 12.2 Å². The zero-order valence-electron chi connectivity index (χ0n) is 9.90. The average molecular weight is 263 g/mol. The molecular formula is C12H13N3O2S. The fraction of sp³-hybridized carbons (Fsp3) is 0.250. The van der Waals surface area contributed by atoms with Gasteiger partial charge in [-0.15, -0.1) is 0 Å². The number of aromatic amines is 1. The molecule has 0 bridgehead atoms. The first-order chi connectivity index (χ1) is 8.63. The van der Waals surface area contributed by atoms with Gasteiger partial charge in [0.25, 0.3) is 5.56 Å². The summed E-state index contributed by atoms with van der Waals surface area (Å²) in [7, 11) is 0. The van der Waals surface area contributed by atoms with Gasteiger partial charge < -0.3 is 10.3 Å². The fourth-order valence-electron chi connectivity index (χ4n) is 1.54. The summed E-state index contributed by atoms with van der Waals surface area (Å²) in [6.07, 6.45) is 0.590. The zero-order chi connectivity index (χ0) is 13.0. The fourth-order valence-corrected chi connectivity index (χ4v) is 2.21. The van der Waals surface area contributed by atoms with E-state index in [2.05, 4.69) is 15.3 Å².